The van der Waals surface area contributed by atoms with Gasteiger partial charge in [0.2, 0.25) is 0 Å². The van der Waals surface area contributed by atoms with Crippen molar-refractivity contribution in [3.8, 4) is 0 Å². The third-order valence-corrected chi connectivity index (χ3v) is 6.63. The normalized spacial score (nSPS) is 20.3. The van der Waals surface area contributed by atoms with Gasteiger partial charge in [-0.1, -0.05) is 47.6 Å². The molecule has 1 atom stereocenters. The Morgan fingerprint density at radius 2 is 1.82 bits per heavy atom. The van der Waals surface area contributed by atoms with Crippen LogP contribution in [0.1, 0.15) is 15.9 Å². The maximum atomic E-state index is 12.8. The first kappa shape index (κ1) is 19.0. The van der Waals surface area contributed by atoms with Crippen LogP contribution in [0.5, 0.6) is 0 Å². The number of thioether (sulfide) groups is 1. The molecule has 7 nitrogen and oxygen atoms in total. The number of ketones is 1. The van der Waals surface area contributed by atoms with E-state index in [1.165, 1.54) is 42.1 Å². The Balaban J connectivity index is 1.79. The molecular formula is C18H13ClN4O3S2. The predicted octanol–water partition coefficient (Wildman–Crippen LogP) is 3.63. The minimum atomic E-state index is -3.98. The lowest BCUT2D eigenvalue weighted by Gasteiger charge is -2.18. The summed E-state index contributed by atoms with van der Waals surface area (Å²) >= 11 is 7.01. The second-order valence-electron chi connectivity index (χ2n) is 5.88. The summed E-state index contributed by atoms with van der Waals surface area (Å²) < 4.78 is 29.5. The molecule has 0 saturated carbocycles. The van der Waals surface area contributed by atoms with Gasteiger partial charge >= 0.3 is 0 Å². The maximum Gasteiger partial charge on any atom is 0.282 e. The van der Waals surface area contributed by atoms with E-state index in [0.717, 1.165) is 0 Å². The van der Waals surface area contributed by atoms with Crippen molar-refractivity contribution < 1.29 is 13.2 Å². The Morgan fingerprint density at radius 3 is 2.50 bits per heavy atom. The van der Waals surface area contributed by atoms with Crippen molar-refractivity contribution >= 4 is 44.9 Å². The quantitative estimate of drug-likeness (QED) is 0.795. The number of nitrogens with zero attached hydrogens (tertiary/aromatic N) is 3. The second-order valence-corrected chi connectivity index (χ2v) is 9.04. The van der Waals surface area contributed by atoms with E-state index >= 15 is 0 Å². The van der Waals surface area contributed by atoms with Gasteiger partial charge in [0.1, 0.15) is 6.67 Å². The Bertz CT molecular complexity index is 1140. The zero-order valence-corrected chi connectivity index (χ0v) is 16.6. The number of hydrogen-bond acceptors (Lipinski definition) is 7. The molecular weight excluding hydrogens is 420 g/mol. The first-order chi connectivity index (χ1) is 13.4. The van der Waals surface area contributed by atoms with Crippen LogP contribution in [0.15, 0.2) is 79.0 Å². The number of azo groups is 1. The lowest BCUT2D eigenvalue weighted by molar-refractivity contribution is 0.104. The second kappa shape index (κ2) is 7.59. The van der Waals surface area contributed by atoms with Gasteiger partial charge in [-0.15, -0.1) is 0 Å². The number of fused-ring (bicyclic) bond motifs is 1. The van der Waals surface area contributed by atoms with Gasteiger partial charge in [-0.25, -0.2) is 0 Å². The number of halogens is 1. The van der Waals surface area contributed by atoms with Crippen molar-refractivity contribution in [1.29, 1.82) is 0 Å². The first-order valence-corrected chi connectivity index (χ1v) is 10.9. The average molecular weight is 433 g/mol. The van der Waals surface area contributed by atoms with Crippen molar-refractivity contribution in [2.45, 2.75) is 10.4 Å². The molecule has 0 saturated heterocycles. The molecule has 1 unspecified atom stereocenters. The standard InChI is InChI=1S/C18H13ClN4O3S2/c19-11-5-7-12(8-6-11)28(25,26)23-15-9-16(27-18-20-10-21-22-18)17(24)14-4-2-1-3-13(14)15/h1-9,18,20H,10H2. The van der Waals surface area contributed by atoms with E-state index in [-0.39, 0.29) is 16.4 Å². The number of nitrogens with one attached hydrogen (secondary N) is 1. The molecule has 28 heavy (non-hydrogen) atoms. The summed E-state index contributed by atoms with van der Waals surface area (Å²) in [6, 6.07) is 12.5. The molecule has 0 spiro atoms. The summed E-state index contributed by atoms with van der Waals surface area (Å²) in [5, 5.41) is 11.3. The van der Waals surface area contributed by atoms with E-state index in [2.05, 4.69) is 19.9 Å². The van der Waals surface area contributed by atoms with Gasteiger partial charge in [-0.05, 0) is 30.3 Å². The van der Waals surface area contributed by atoms with Gasteiger partial charge in [0.05, 0.1) is 15.5 Å². The third-order valence-electron chi connectivity index (χ3n) is 4.03. The highest BCUT2D eigenvalue weighted by Crippen LogP contribution is 2.32. The number of hydrogen-bond donors (Lipinski definition) is 1. The zero-order valence-electron chi connectivity index (χ0n) is 14.2. The molecule has 0 radical (unpaired) electrons. The largest absolute Gasteiger partial charge is 0.288 e. The Labute approximate surface area is 170 Å². The fourth-order valence-corrected chi connectivity index (χ4v) is 4.75. The van der Waals surface area contributed by atoms with Gasteiger partial charge in [-0.3, -0.25) is 10.1 Å². The third kappa shape index (κ3) is 3.79. The van der Waals surface area contributed by atoms with Crippen LogP contribution in [0.25, 0.3) is 0 Å². The molecule has 2 aliphatic rings. The minimum Gasteiger partial charge on any atom is -0.288 e. The van der Waals surface area contributed by atoms with Crippen LogP contribution in [0, 0.1) is 0 Å². The average Bonchev–Trinajstić information content (AvgIpc) is 3.19. The number of allylic oxidation sites excluding steroid dienone is 2. The fourth-order valence-electron chi connectivity index (χ4n) is 2.72. The maximum absolute atomic E-state index is 12.8. The number of benzene rings is 2. The van der Waals surface area contributed by atoms with E-state index in [0.29, 0.717) is 27.7 Å². The molecule has 0 amide bonds. The van der Waals surface area contributed by atoms with Gasteiger partial charge < -0.3 is 0 Å². The summed E-state index contributed by atoms with van der Waals surface area (Å²) in [4.78, 5) is 13.2. The molecule has 0 aromatic heterocycles. The number of carbonyl (C=O) groups excluding carboxylic acids is 1. The summed E-state index contributed by atoms with van der Waals surface area (Å²) in [6.45, 7) is 0.377. The first-order valence-electron chi connectivity index (χ1n) is 8.17. The van der Waals surface area contributed by atoms with Crippen LogP contribution in [-0.2, 0) is 10.0 Å². The SMILES string of the molecule is O=C1C(SC2N=NCN2)=CC(=NS(=O)(=O)c2ccc(Cl)cc2)c2ccccc21. The molecule has 2 aromatic rings. The lowest BCUT2D eigenvalue weighted by Crippen LogP contribution is -2.22. The highest BCUT2D eigenvalue weighted by Gasteiger charge is 2.28. The van der Waals surface area contributed by atoms with Gasteiger partial charge in [0.15, 0.2) is 11.3 Å². The van der Waals surface area contributed by atoms with Crippen molar-refractivity contribution in [3.05, 3.63) is 75.7 Å². The molecule has 0 bridgehead atoms. The van der Waals surface area contributed by atoms with Crippen LogP contribution in [0.2, 0.25) is 5.02 Å². The topological polar surface area (TPSA) is 100 Å². The molecule has 1 aliphatic carbocycles. The smallest absolute Gasteiger partial charge is 0.282 e. The van der Waals surface area contributed by atoms with Crippen LogP contribution in [0.3, 0.4) is 0 Å². The molecule has 2 aromatic carbocycles. The molecule has 0 fully saturated rings. The van der Waals surface area contributed by atoms with Crippen LogP contribution in [-0.4, -0.2) is 32.1 Å². The van der Waals surface area contributed by atoms with Crippen molar-refractivity contribution in [2.75, 3.05) is 6.67 Å². The number of Topliss-reactive ketones (excluding diaryl/α,β-unsaturated/α-hetero) is 1. The molecule has 1 aliphatic heterocycles. The van der Waals surface area contributed by atoms with E-state index in [9.17, 15) is 13.2 Å². The number of sulfonamides is 1. The molecule has 142 valence electrons. The van der Waals surface area contributed by atoms with Crippen molar-refractivity contribution in [2.24, 2.45) is 14.6 Å². The van der Waals surface area contributed by atoms with Gasteiger partial charge in [0.25, 0.3) is 10.0 Å². The van der Waals surface area contributed by atoms with Crippen LogP contribution >= 0.6 is 23.4 Å². The van der Waals surface area contributed by atoms with Gasteiger partial charge in [-0.2, -0.15) is 23.0 Å². The fraction of sp³-hybridized carbons (Fsp3) is 0.111. The predicted molar refractivity (Wildman–Crippen MR) is 108 cm³/mol. The molecule has 1 heterocycles. The number of carbonyl (C=O) groups is 1. The summed E-state index contributed by atoms with van der Waals surface area (Å²) in [6.07, 6.45) is 1.48. The lowest BCUT2D eigenvalue weighted by atomic mass is 9.94. The van der Waals surface area contributed by atoms with E-state index in [4.69, 9.17) is 11.6 Å². The van der Waals surface area contributed by atoms with Gasteiger partial charge in [0, 0.05) is 16.1 Å². The highest BCUT2D eigenvalue weighted by molar-refractivity contribution is 8.04. The van der Waals surface area contributed by atoms with E-state index in [1.54, 1.807) is 24.3 Å². The number of rotatable bonds is 4. The van der Waals surface area contributed by atoms with E-state index in [1.807, 2.05) is 0 Å². The van der Waals surface area contributed by atoms with E-state index < -0.39 is 15.5 Å². The Kier molecular flexibility index (Phi) is 5.15. The molecule has 10 heteroatoms. The summed E-state index contributed by atoms with van der Waals surface area (Å²) in [5.74, 6) is -0.202. The molecule has 4 rings (SSSR count). The Morgan fingerprint density at radius 1 is 1.11 bits per heavy atom. The molecule has 1 N–H and O–H groups in total. The van der Waals surface area contributed by atoms with Crippen molar-refractivity contribution in [3.63, 3.8) is 0 Å². The summed E-state index contributed by atoms with van der Waals surface area (Å²) in [5.41, 5.74) is 0.667. The Hall–Kier alpha value is -2.33. The zero-order chi connectivity index (χ0) is 19.7. The van der Waals surface area contributed by atoms with Crippen LogP contribution < -0.4 is 5.32 Å². The monoisotopic (exact) mass is 432 g/mol. The van der Waals surface area contributed by atoms with Crippen molar-refractivity contribution in [1.82, 2.24) is 5.32 Å². The van der Waals surface area contributed by atoms with Crippen LogP contribution in [0.4, 0.5) is 0 Å². The summed E-state index contributed by atoms with van der Waals surface area (Å²) in [7, 11) is -3.98. The minimum absolute atomic E-state index is 0.0210. The highest BCUT2D eigenvalue weighted by atomic mass is 35.5.